The molecule has 1 saturated heterocycles. The molecule has 4 aromatic rings. The number of ether oxygens (including phenoxy) is 4. The molecule has 1 unspecified atom stereocenters. The molecule has 15 heteroatoms. The maximum Gasteiger partial charge on any atom is 0.358 e. The molecule has 0 saturated carbocycles. The molecule has 0 radical (unpaired) electrons. The third-order valence-corrected chi connectivity index (χ3v) is 9.97. The van der Waals surface area contributed by atoms with Crippen molar-refractivity contribution in [2.45, 2.75) is 32.2 Å². The minimum atomic E-state index is -0.666. The first-order chi connectivity index (χ1) is 27.2. The Bertz CT molecular complexity index is 2080. The molecule has 6 rings (SSSR count). The summed E-state index contributed by atoms with van der Waals surface area (Å²) in [6, 6.07) is 13.3. The third-order valence-electron chi connectivity index (χ3n) is 9.97. The Morgan fingerprint density at radius 2 is 1.57 bits per heavy atom. The van der Waals surface area contributed by atoms with Gasteiger partial charge in [-0.15, -0.1) is 0 Å². The highest BCUT2D eigenvalue weighted by atomic mass is 16.5. The van der Waals surface area contributed by atoms with Gasteiger partial charge in [-0.1, -0.05) is 30.3 Å². The Kier molecular flexibility index (Phi) is 13.0. The number of hydrogen-bond donors (Lipinski definition) is 1. The van der Waals surface area contributed by atoms with Crippen LogP contribution in [0.2, 0.25) is 0 Å². The Hall–Kier alpha value is -6.25. The van der Waals surface area contributed by atoms with Crippen LogP contribution in [0.15, 0.2) is 60.9 Å². The number of fused-ring (bicyclic) bond motifs is 5. The Morgan fingerprint density at radius 1 is 0.839 bits per heavy atom. The van der Waals surface area contributed by atoms with Crippen molar-refractivity contribution in [3.8, 4) is 17.2 Å². The molecule has 4 heterocycles. The molecule has 1 fully saturated rings. The number of rotatable bonds is 7. The van der Waals surface area contributed by atoms with Crippen LogP contribution >= 0.6 is 0 Å². The second kappa shape index (κ2) is 18.4. The summed E-state index contributed by atoms with van der Waals surface area (Å²) in [4.78, 5) is 72.2. The van der Waals surface area contributed by atoms with E-state index in [4.69, 9.17) is 23.9 Å². The molecular weight excluding hydrogens is 718 g/mol. The summed E-state index contributed by atoms with van der Waals surface area (Å²) in [5.41, 5.74) is 2.27. The minimum Gasteiger partial charge on any atom is -0.493 e. The monoisotopic (exact) mass is 765 g/mol. The SMILES string of the molecule is COC(=O)c1cnc(C(=O)N2CCCCN(C(=O)C=Cc3ccccc3)CC(=O)NCC3CCCN(C3)c3nc4cc(OC)c(OC)c(OC)c4cc3C2)cn1. The number of piperidine rings is 1. The Labute approximate surface area is 325 Å². The van der Waals surface area contributed by atoms with E-state index in [0.29, 0.717) is 73.0 Å². The number of anilines is 1. The van der Waals surface area contributed by atoms with E-state index in [1.165, 1.54) is 37.6 Å². The summed E-state index contributed by atoms with van der Waals surface area (Å²) in [6.45, 7) is 2.37. The molecule has 2 aromatic heterocycles. The van der Waals surface area contributed by atoms with Crippen LogP contribution in [-0.4, -0.2) is 116 Å². The Balaban J connectivity index is 1.39. The highest BCUT2D eigenvalue weighted by molar-refractivity contribution is 5.95. The molecule has 15 nitrogen and oxygen atoms in total. The standard InChI is InChI=1S/C41H47N7O8/c1-53-34-20-31-30(37(54-2)38(34)55-3)19-29-25-48(40(51)32-22-43-33(23-42-32)41(52)56-4)17-9-8-16-46(36(50)15-14-27-11-6-5-7-12-27)26-35(49)44-21-28-13-10-18-47(24-28)39(29)45-31/h5-7,11-12,14-15,19-20,22-23,28H,8-10,13,16-18,21,24-26H2,1-4H3,(H,44,49). The number of methoxy groups -OCH3 is 4. The first-order valence-corrected chi connectivity index (χ1v) is 18.6. The van der Waals surface area contributed by atoms with Gasteiger partial charge in [0.25, 0.3) is 5.91 Å². The first kappa shape index (κ1) is 39.4. The smallest absolute Gasteiger partial charge is 0.358 e. The van der Waals surface area contributed by atoms with Crippen molar-refractivity contribution in [3.05, 3.63) is 83.4 Å². The number of nitrogens with one attached hydrogen (secondary N) is 1. The van der Waals surface area contributed by atoms with Gasteiger partial charge in [-0.2, -0.15) is 0 Å². The number of nitrogens with zero attached hydrogens (tertiary/aromatic N) is 6. The molecule has 294 valence electrons. The van der Waals surface area contributed by atoms with Crippen LogP contribution < -0.4 is 24.4 Å². The number of amides is 3. The van der Waals surface area contributed by atoms with Gasteiger partial charge in [0.1, 0.15) is 11.5 Å². The van der Waals surface area contributed by atoms with E-state index in [1.54, 1.807) is 31.3 Å². The van der Waals surface area contributed by atoms with Crippen LogP contribution in [0.3, 0.4) is 0 Å². The molecule has 2 bridgehead atoms. The number of carbonyl (C=O) groups excluding carboxylic acids is 4. The lowest BCUT2D eigenvalue weighted by atomic mass is 9.97. The molecule has 56 heavy (non-hydrogen) atoms. The fourth-order valence-electron chi connectivity index (χ4n) is 7.10. The van der Waals surface area contributed by atoms with Gasteiger partial charge in [0, 0.05) is 62.4 Å². The van der Waals surface area contributed by atoms with Crippen molar-refractivity contribution in [1.82, 2.24) is 30.1 Å². The molecule has 1 N–H and O–H groups in total. The lowest BCUT2D eigenvalue weighted by molar-refractivity contribution is -0.132. The Morgan fingerprint density at radius 3 is 2.27 bits per heavy atom. The van der Waals surface area contributed by atoms with Crippen molar-refractivity contribution < 1.29 is 38.1 Å². The van der Waals surface area contributed by atoms with E-state index < -0.39 is 11.9 Å². The number of benzene rings is 2. The van der Waals surface area contributed by atoms with Gasteiger partial charge in [0.05, 0.1) is 52.9 Å². The van der Waals surface area contributed by atoms with Crippen molar-refractivity contribution in [1.29, 1.82) is 0 Å². The van der Waals surface area contributed by atoms with Crippen LogP contribution in [0.1, 0.15) is 57.8 Å². The molecule has 0 spiro atoms. The zero-order valence-corrected chi connectivity index (χ0v) is 32.2. The van der Waals surface area contributed by atoms with Gasteiger partial charge < -0.3 is 39.0 Å². The van der Waals surface area contributed by atoms with E-state index in [9.17, 15) is 19.2 Å². The lowest BCUT2D eigenvalue weighted by Crippen LogP contribution is -2.45. The molecule has 1 atom stereocenters. The fourth-order valence-corrected chi connectivity index (χ4v) is 7.10. The van der Waals surface area contributed by atoms with Gasteiger partial charge >= 0.3 is 5.97 Å². The van der Waals surface area contributed by atoms with Crippen LogP contribution in [0, 0.1) is 5.92 Å². The summed E-state index contributed by atoms with van der Waals surface area (Å²) in [5.74, 6) is 0.529. The van der Waals surface area contributed by atoms with Gasteiger partial charge in [0.2, 0.25) is 17.6 Å². The number of esters is 1. The average Bonchev–Trinajstić information content (AvgIpc) is 3.24. The number of carbonyl (C=O) groups is 4. The third kappa shape index (κ3) is 9.16. The second-order valence-corrected chi connectivity index (χ2v) is 13.7. The molecule has 0 aliphatic carbocycles. The summed E-state index contributed by atoms with van der Waals surface area (Å²) in [6.07, 6.45) is 8.44. The summed E-state index contributed by atoms with van der Waals surface area (Å²) in [7, 11) is 5.89. The second-order valence-electron chi connectivity index (χ2n) is 13.7. The summed E-state index contributed by atoms with van der Waals surface area (Å²) < 4.78 is 21.9. The predicted molar refractivity (Wildman–Crippen MR) is 209 cm³/mol. The normalized spacial score (nSPS) is 16.9. The topological polar surface area (TPSA) is 166 Å². The van der Waals surface area contributed by atoms with Crippen molar-refractivity contribution in [2.24, 2.45) is 5.92 Å². The number of pyridine rings is 1. The van der Waals surface area contributed by atoms with Gasteiger partial charge in [-0.05, 0) is 49.3 Å². The first-order valence-electron chi connectivity index (χ1n) is 18.6. The number of aromatic nitrogens is 3. The highest BCUT2D eigenvalue weighted by Gasteiger charge is 2.29. The van der Waals surface area contributed by atoms with E-state index in [0.717, 1.165) is 24.0 Å². The summed E-state index contributed by atoms with van der Waals surface area (Å²) in [5, 5.41) is 3.76. The van der Waals surface area contributed by atoms with E-state index in [-0.39, 0.29) is 48.8 Å². The molecule has 2 aliphatic rings. The van der Waals surface area contributed by atoms with Crippen molar-refractivity contribution in [2.75, 3.05) is 72.6 Å². The minimum absolute atomic E-state index is 0.0238. The predicted octanol–water partition coefficient (Wildman–Crippen LogP) is 4.15. The van der Waals surface area contributed by atoms with E-state index in [1.807, 2.05) is 36.4 Å². The molecule has 3 amide bonds. The van der Waals surface area contributed by atoms with Crippen LogP contribution in [0.25, 0.3) is 17.0 Å². The van der Waals surface area contributed by atoms with Crippen LogP contribution in [-0.2, 0) is 20.9 Å². The van der Waals surface area contributed by atoms with Gasteiger partial charge in [0.15, 0.2) is 17.2 Å². The fraction of sp³-hybridized carbons (Fsp3) is 0.390. The van der Waals surface area contributed by atoms with Gasteiger partial charge in [-0.3, -0.25) is 14.4 Å². The summed E-state index contributed by atoms with van der Waals surface area (Å²) >= 11 is 0. The maximum atomic E-state index is 14.3. The highest BCUT2D eigenvalue weighted by Crippen LogP contribution is 2.44. The van der Waals surface area contributed by atoms with Crippen LogP contribution in [0.5, 0.6) is 17.2 Å². The van der Waals surface area contributed by atoms with Crippen molar-refractivity contribution in [3.63, 3.8) is 0 Å². The van der Waals surface area contributed by atoms with E-state index >= 15 is 0 Å². The quantitative estimate of drug-likeness (QED) is 0.212. The molecular formula is C41H47N7O8. The number of hydrogen-bond acceptors (Lipinski definition) is 12. The largest absolute Gasteiger partial charge is 0.493 e. The molecule has 2 aromatic carbocycles. The molecule has 2 aliphatic heterocycles. The lowest BCUT2D eigenvalue weighted by Gasteiger charge is -2.36. The zero-order chi connectivity index (χ0) is 39.6. The van der Waals surface area contributed by atoms with Crippen LogP contribution in [0.4, 0.5) is 5.82 Å². The maximum absolute atomic E-state index is 14.3. The van der Waals surface area contributed by atoms with Gasteiger partial charge in [-0.25, -0.2) is 19.7 Å². The van der Waals surface area contributed by atoms with Crippen molar-refractivity contribution >= 4 is 46.5 Å². The zero-order valence-electron chi connectivity index (χ0n) is 32.2. The van der Waals surface area contributed by atoms with E-state index in [2.05, 4.69) is 20.2 Å². The average molecular weight is 766 g/mol.